The van der Waals surface area contributed by atoms with Gasteiger partial charge < -0.3 is 10.0 Å². The number of hydrogen-bond donors (Lipinski definition) is 1. The number of hydrogen-bond acceptors (Lipinski definition) is 3. The van der Waals surface area contributed by atoms with Gasteiger partial charge >= 0.3 is 5.97 Å². The largest absolute Gasteiger partial charge is 0.481 e. The molecule has 0 bridgehead atoms. The Hall–Kier alpha value is -2.63. The van der Waals surface area contributed by atoms with Crippen LogP contribution in [-0.4, -0.2) is 44.8 Å². The quantitative estimate of drug-likeness (QED) is 0.940. The molecule has 1 aliphatic heterocycles. The third-order valence-corrected chi connectivity index (χ3v) is 4.31. The van der Waals surface area contributed by atoms with Crippen LogP contribution in [0.3, 0.4) is 0 Å². The van der Waals surface area contributed by atoms with Crippen LogP contribution in [0.1, 0.15) is 22.8 Å². The van der Waals surface area contributed by atoms with Crippen LogP contribution in [0.5, 0.6) is 0 Å². The third-order valence-electron chi connectivity index (χ3n) is 4.31. The van der Waals surface area contributed by atoms with E-state index in [1.54, 1.807) is 27.9 Å². The van der Waals surface area contributed by atoms with Crippen molar-refractivity contribution in [3.8, 4) is 5.69 Å². The van der Waals surface area contributed by atoms with Crippen molar-refractivity contribution >= 4 is 11.9 Å². The maximum absolute atomic E-state index is 12.5. The fraction of sp³-hybridized carbons (Fsp3) is 0.353. The minimum Gasteiger partial charge on any atom is -0.481 e. The molecule has 6 heteroatoms. The van der Waals surface area contributed by atoms with Gasteiger partial charge in [0, 0.05) is 24.8 Å². The van der Waals surface area contributed by atoms with Gasteiger partial charge in [-0.15, -0.1) is 0 Å². The molecule has 120 valence electrons. The molecule has 1 fully saturated rings. The summed E-state index contributed by atoms with van der Waals surface area (Å²) in [6.45, 7) is 4.59. The summed E-state index contributed by atoms with van der Waals surface area (Å²) in [7, 11) is 0. The lowest BCUT2D eigenvalue weighted by Crippen LogP contribution is -2.29. The van der Waals surface area contributed by atoms with Crippen molar-refractivity contribution in [3.05, 3.63) is 47.8 Å². The highest BCUT2D eigenvalue weighted by Gasteiger charge is 2.37. The Morgan fingerprint density at radius 2 is 1.91 bits per heavy atom. The van der Waals surface area contributed by atoms with E-state index in [0.717, 1.165) is 11.3 Å². The van der Waals surface area contributed by atoms with Gasteiger partial charge in [0.25, 0.3) is 5.91 Å². The molecule has 2 heterocycles. The lowest BCUT2D eigenvalue weighted by Gasteiger charge is -2.16. The number of amides is 1. The second-order valence-corrected chi connectivity index (χ2v) is 6.14. The van der Waals surface area contributed by atoms with E-state index in [-0.39, 0.29) is 18.4 Å². The van der Waals surface area contributed by atoms with Gasteiger partial charge in [-0.25, -0.2) is 4.68 Å². The highest BCUT2D eigenvalue weighted by Crippen LogP contribution is 2.25. The second-order valence-electron chi connectivity index (χ2n) is 6.14. The molecule has 1 aromatic carbocycles. The number of carbonyl (C=O) groups is 2. The number of likely N-dealkylation sites (tertiary alicyclic amines) is 1. The Morgan fingerprint density at radius 3 is 2.43 bits per heavy atom. The molecule has 0 unspecified atom stereocenters. The average Bonchev–Trinajstić information content (AvgIpc) is 3.13. The monoisotopic (exact) mass is 313 g/mol. The molecule has 1 amide bonds. The van der Waals surface area contributed by atoms with Crippen molar-refractivity contribution in [2.24, 2.45) is 11.8 Å². The summed E-state index contributed by atoms with van der Waals surface area (Å²) in [4.78, 5) is 25.3. The molecular formula is C17H19N3O3. The minimum atomic E-state index is -0.836. The van der Waals surface area contributed by atoms with Crippen LogP contribution < -0.4 is 0 Å². The number of aryl methyl sites for hydroxylation is 1. The standard InChI is InChI=1S/C17H19N3O3/c1-11-7-18-20(8-11)14-5-3-13(4-6-14)16(21)19-9-12(2)15(10-19)17(22)23/h3-8,12,15H,9-10H2,1-2H3,(H,22,23)/t12-,15-/m1/s1. The van der Waals surface area contributed by atoms with Gasteiger partial charge in [0.05, 0.1) is 17.8 Å². The first-order valence-corrected chi connectivity index (χ1v) is 7.59. The molecule has 0 spiro atoms. The van der Waals surface area contributed by atoms with Crippen molar-refractivity contribution < 1.29 is 14.7 Å². The highest BCUT2D eigenvalue weighted by atomic mass is 16.4. The summed E-state index contributed by atoms with van der Waals surface area (Å²) in [6, 6.07) is 7.20. The molecule has 3 rings (SSSR count). The van der Waals surface area contributed by atoms with Crippen LogP contribution >= 0.6 is 0 Å². The summed E-state index contributed by atoms with van der Waals surface area (Å²) < 4.78 is 1.75. The van der Waals surface area contributed by atoms with Gasteiger partial charge in [-0.1, -0.05) is 6.92 Å². The molecule has 2 aromatic rings. The van der Waals surface area contributed by atoms with E-state index in [0.29, 0.717) is 12.1 Å². The number of benzene rings is 1. The maximum Gasteiger partial charge on any atom is 0.308 e. The van der Waals surface area contributed by atoms with Crippen LogP contribution in [0.15, 0.2) is 36.7 Å². The Balaban J connectivity index is 1.75. The number of aliphatic carboxylic acids is 1. The zero-order valence-corrected chi connectivity index (χ0v) is 13.1. The normalized spacial score (nSPS) is 20.7. The van der Waals surface area contributed by atoms with E-state index in [1.807, 2.05) is 32.2 Å². The predicted octanol–water partition coefficient (Wildman–Crippen LogP) is 1.97. The van der Waals surface area contributed by atoms with Crippen molar-refractivity contribution in [2.45, 2.75) is 13.8 Å². The van der Waals surface area contributed by atoms with Gasteiger partial charge in [-0.05, 0) is 42.7 Å². The maximum atomic E-state index is 12.5. The fourth-order valence-electron chi connectivity index (χ4n) is 2.95. The molecule has 0 saturated carbocycles. The number of aromatic nitrogens is 2. The Labute approximate surface area is 134 Å². The number of carboxylic acid groups (broad SMARTS) is 1. The number of nitrogens with zero attached hydrogens (tertiary/aromatic N) is 3. The molecule has 6 nitrogen and oxygen atoms in total. The molecule has 1 N–H and O–H groups in total. The lowest BCUT2D eigenvalue weighted by molar-refractivity contribution is -0.142. The SMILES string of the molecule is Cc1cnn(-c2ccc(C(=O)N3C[C@@H](C)[C@H](C(=O)O)C3)cc2)c1. The fourth-order valence-corrected chi connectivity index (χ4v) is 2.95. The molecule has 0 radical (unpaired) electrons. The van der Waals surface area contributed by atoms with Gasteiger partial charge in [0.15, 0.2) is 0 Å². The molecule has 1 aliphatic rings. The number of carbonyl (C=O) groups excluding carboxylic acids is 1. The van der Waals surface area contributed by atoms with Crippen molar-refractivity contribution in [3.63, 3.8) is 0 Å². The van der Waals surface area contributed by atoms with E-state index in [9.17, 15) is 14.7 Å². The van der Waals surface area contributed by atoms with Gasteiger partial charge in [-0.3, -0.25) is 9.59 Å². The number of rotatable bonds is 3. The Bertz CT molecular complexity index is 736. The van der Waals surface area contributed by atoms with Crippen molar-refractivity contribution in [1.82, 2.24) is 14.7 Å². The first-order valence-electron chi connectivity index (χ1n) is 7.59. The summed E-state index contributed by atoms with van der Waals surface area (Å²) in [5.41, 5.74) is 2.51. The first-order chi connectivity index (χ1) is 11.0. The topological polar surface area (TPSA) is 75.4 Å². The van der Waals surface area contributed by atoms with E-state index in [4.69, 9.17) is 0 Å². The van der Waals surface area contributed by atoms with Gasteiger partial charge in [-0.2, -0.15) is 5.10 Å². The second kappa shape index (κ2) is 5.87. The zero-order valence-electron chi connectivity index (χ0n) is 13.1. The molecule has 23 heavy (non-hydrogen) atoms. The third kappa shape index (κ3) is 2.97. The van der Waals surface area contributed by atoms with Crippen LogP contribution in [-0.2, 0) is 4.79 Å². The van der Waals surface area contributed by atoms with Crippen molar-refractivity contribution in [1.29, 1.82) is 0 Å². The smallest absolute Gasteiger partial charge is 0.308 e. The zero-order chi connectivity index (χ0) is 16.6. The molecular weight excluding hydrogens is 294 g/mol. The molecule has 1 aromatic heterocycles. The van der Waals surface area contributed by atoms with E-state index >= 15 is 0 Å². The first kappa shape index (κ1) is 15.3. The molecule has 1 saturated heterocycles. The minimum absolute atomic E-state index is 0.0252. The summed E-state index contributed by atoms with van der Waals surface area (Å²) in [5.74, 6) is -1.46. The van der Waals surface area contributed by atoms with Gasteiger partial charge in [0.1, 0.15) is 0 Å². The Kier molecular flexibility index (Phi) is 3.90. The summed E-state index contributed by atoms with van der Waals surface area (Å²) in [5, 5.41) is 13.4. The van der Waals surface area contributed by atoms with E-state index < -0.39 is 11.9 Å². The molecule has 0 aliphatic carbocycles. The van der Waals surface area contributed by atoms with Crippen LogP contribution in [0, 0.1) is 18.8 Å². The van der Waals surface area contributed by atoms with E-state index in [2.05, 4.69) is 5.10 Å². The lowest BCUT2D eigenvalue weighted by atomic mass is 9.99. The van der Waals surface area contributed by atoms with Gasteiger partial charge in [0.2, 0.25) is 0 Å². The predicted molar refractivity (Wildman–Crippen MR) is 84.5 cm³/mol. The molecule has 2 atom stereocenters. The summed E-state index contributed by atoms with van der Waals surface area (Å²) in [6.07, 6.45) is 3.69. The average molecular weight is 313 g/mol. The van der Waals surface area contributed by atoms with E-state index in [1.165, 1.54) is 0 Å². The summed E-state index contributed by atoms with van der Waals surface area (Å²) >= 11 is 0. The Morgan fingerprint density at radius 1 is 1.22 bits per heavy atom. The van der Waals surface area contributed by atoms with Crippen LogP contribution in [0.25, 0.3) is 5.69 Å². The van der Waals surface area contributed by atoms with Crippen LogP contribution in [0.4, 0.5) is 0 Å². The highest BCUT2D eigenvalue weighted by molar-refractivity contribution is 5.95. The van der Waals surface area contributed by atoms with Crippen LogP contribution in [0.2, 0.25) is 0 Å². The number of carboxylic acids is 1. The van der Waals surface area contributed by atoms with Crippen molar-refractivity contribution in [2.75, 3.05) is 13.1 Å².